The number of carbonyl (C=O) groups excluding carboxylic acids is 2. The van der Waals surface area contributed by atoms with Crippen LogP contribution < -0.4 is 10.1 Å². The summed E-state index contributed by atoms with van der Waals surface area (Å²) < 4.78 is 11.2. The molecule has 0 aliphatic carbocycles. The number of hydrogen-bond donors (Lipinski definition) is 1. The van der Waals surface area contributed by atoms with Crippen molar-refractivity contribution in [3.05, 3.63) is 65.2 Å². The maximum absolute atomic E-state index is 12.2. The third-order valence-corrected chi connectivity index (χ3v) is 4.44. The Labute approximate surface area is 159 Å². The van der Waals surface area contributed by atoms with Crippen LogP contribution in [0.15, 0.2) is 48.5 Å². The molecule has 3 rings (SSSR count). The van der Waals surface area contributed by atoms with Crippen LogP contribution in [0.3, 0.4) is 0 Å². The molecule has 142 valence electrons. The first kappa shape index (κ1) is 19.1. The molecule has 0 atom stereocenters. The van der Waals surface area contributed by atoms with Crippen molar-refractivity contribution in [2.45, 2.75) is 6.54 Å². The first-order chi connectivity index (χ1) is 13.2. The molecule has 0 spiro atoms. The highest BCUT2D eigenvalue weighted by Crippen LogP contribution is 2.14. The van der Waals surface area contributed by atoms with Crippen molar-refractivity contribution in [2.24, 2.45) is 0 Å². The van der Waals surface area contributed by atoms with Gasteiger partial charge in [-0.2, -0.15) is 0 Å². The molecule has 1 amide bonds. The maximum Gasteiger partial charge on any atom is 0.251 e. The van der Waals surface area contributed by atoms with E-state index in [2.05, 4.69) is 10.2 Å². The number of morpholine rings is 1. The number of rotatable bonds is 8. The molecule has 0 aromatic heterocycles. The minimum Gasteiger partial charge on any atom is -0.492 e. The average molecular weight is 368 g/mol. The smallest absolute Gasteiger partial charge is 0.251 e. The van der Waals surface area contributed by atoms with Gasteiger partial charge >= 0.3 is 0 Å². The summed E-state index contributed by atoms with van der Waals surface area (Å²) in [5.74, 6) is 0.622. The van der Waals surface area contributed by atoms with E-state index in [1.165, 1.54) is 0 Å². The topological polar surface area (TPSA) is 67.9 Å². The summed E-state index contributed by atoms with van der Waals surface area (Å²) in [4.78, 5) is 25.2. The highest BCUT2D eigenvalue weighted by molar-refractivity contribution is 5.94. The van der Waals surface area contributed by atoms with Crippen LogP contribution in [0.1, 0.15) is 26.3 Å². The van der Waals surface area contributed by atoms with Crippen LogP contribution in [0.4, 0.5) is 0 Å². The van der Waals surface area contributed by atoms with E-state index >= 15 is 0 Å². The molecule has 0 radical (unpaired) electrons. The van der Waals surface area contributed by atoms with E-state index in [1.54, 1.807) is 24.3 Å². The Morgan fingerprint density at radius 3 is 2.67 bits per heavy atom. The second-order valence-corrected chi connectivity index (χ2v) is 6.37. The van der Waals surface area contributed by atoms with Crippen molar-refractivity contribution in [1.29, 1.82) is 0 Å². The Morgan fingerprint density at radius 1 is 1.15 bits per heavy atom. The third-order valence-electron chi connectivity index (χ3n) is 4.44. The zero-order valence-corrected chi connectivity index (χ0v) is 15.2. The molecule has 6 nitrogen and oxygen atoms in total. The van der Waals surface area contributed by atoms with Crippen LogP contribution in [0.2, 0.25) is 0 Å². The Hall–Kier alpha value is -2.70. The number of amides is 1. The summed E-state index contributed by atoms with van der Waals surface area (Å²) in [5, 5.41) is 2.88. The van der Waals surface area contributed by atoms with E-state index in [0.717, 1.165) is 50.4 Å². The van der Waals surface area contributed by atoms with Gasteiger partial charge in [-0.15, -0.1) is 0 Å². The van der Waals surface area contributed by atoms with Gasteiger partial charge in [-0.3, -0.25) is 14.5 Å². The van der Waals surface area contributed by atoms with Crippen molar-refractivity contribution in [1.82, 2.24) is 10.2 Å². The van der Waals surface area contributed by atoms with Crippen LogP contribution in [-0.2, 0) is 11.3 Å². The van der Waals surface area contributed by atoms with Crippen LogP contribution in [0.25, 0.3) is 0 Å². The van der Waals surface area contributed by atoms with Gasteiger partial charge in [0.25, 0.3) is 5.91 Å². The summed E-state index contributed by atoms with van der Waals surface area (Å²) in [7, 11) is 0. The molecule has 0 saturated carbocycles. The number of nitrogens with zero attached hydrogens (tertiary/aromatic N) is 1. The fraction of sp³-hybridized carbons (Fsp3) is 0.333. The Bertz CT molecular complexity index is 755. The quantitative estimate of drug-likeness (QED) is 0.723. The average Bonchev–Trinajstić information content (AvgIpc) is 2.73. The van der Waals surface area contributed by atoms with E-state index in [4.69, 9.17) is 9.47 Å². The second-order valence-electron chi connectivity index (χ2n) is 6.37. The van der Waals surface area contributed by atoms with E-state index < -0.39 is 0 Å². The predicted molar refractivity (Wildman–Crippen MR) is 102 cm³/mol. The van der Waals surface area contributed by atoms with Crippen molar-refractivity contribution < 1.29 is 19.1 Å². The Kier molecular flexibility index (Phi) is 6.96. The molecule has 1 aliphatic rings. The number of aldehydes is 1. The highest BCUT2D eigenvalue weighted by atomic mass is 16.5. The molecule has 1 fully saturated rings. The van der Waals surface area contributed by atoms with Gasteiger partial charge in [0.15, 0.2) is 0 Å². The minimum absolute atomic E-state index is 0.175. The molecule has 1 aliphatic heterocycles. The number of ether oxygens (including phenoxy) is 2. The largest absolute Gasteiger partial charge is 0.492 e. The van der Waals surface area contributed by atoms with E-state index in [1.807, 2.05) is 24.3 Å². The standard InChI is InChI=1S/C21H24N2O4/c24-16-17-4-6-19(7-5-17)21(25)22-15-18-2-1-3-20(14-18)27-13-10-23-8-11-26-12-9-23/h1-7,14,16H,8-13,15H2,(H,22,25). The lowest BCUT2D eigenvalue weighted by molar-refractivity contribution is 0.0322. The number of nitrogens with one attached hydrogen (secondary N) is 1. The first-order valence-corrected chi connectivity index (χ1v) is 9.10. The van der Waals surface area contributed by atoms with Gasteiger partial charge < -0.3 is 14.8 Å². The summed E-state index contributed by atoms with van der Waals surface area (Å²) in [5.41, 5.74) is 2.05. The van der Waals surface area contributed by atoms with Crippen molar-refractivity contribution in [3.63, 3.8) is 0 Å². The summed E-state index contributed by atoms with van der Waals surface area (Å²) >= 11 is 0. The van der Waals surface area contributed by atoms with Crippen molar-refractivity contribution >= 4 is 12.2 Å². The lowest BCUT2D eigenvalue weighted by Gasteiger charge is -2.26. The molecule has 1 heterocycles. The first-order valence-electron chi connectivity index (χ1n) is 9.10. The van der Waals surface area contributed by atoms with E-state index in [0.29, 0.717) is 24.3 Å². The second kappa shape index (κ2) is 9.85. The fourth-order valence-electron chi connectivity index (χ4n) is 2.86. The minimum atomic E-state index is -0.175. The van der Waals surface area contributed by atoms with E-state index in [9.17, 15) is 9.59 Å². The molecule has 0 unspecified atom stereocenters. The number of carbonyl (C=O) groups is 2. The highest BCUT2D eigenvalue weighted by Gasteiger charge is 2.10. The SMILES string of the molecule is O=Cc1ccc(C(=O)NCc2cccc(OCCN3CCOCC3)c2)cc1. The van der Waals surface area contributed by atoms with Crippen LogP contribution in [0, 0.1) is 0 Å². The van der Waals surface area contributed by atoms with Gasteiger partial charge in [0, 0.05) is 37.3 Å². The number of benzene rings is 2. The normalized spacial score (nSPS) is 14.5. The molecule has 1 N–H and O–H groups in total. The molecule has 1 saturated heterocycles. The van der Waals surface area contributed by atoms with Gasteiger partial charge in [0.05, 0.1) is 13.2 Å². The van der Waals surface area contributed by atoms with Gasteiger partial charge in [0.1, 0.15) is 18.6 Å². The van der Waals surface area contributed by atoms with Crippen molar-refractivity contribution in [2.75, 3.05) is 39.5 Å². The summed E-state index contributed by atoms with van der Waals surface area (Å²) in [6.45, 7) is 5.38. The van der Waals surface area contributed by atoms with Gasteiger partial charge in [-0.25, -0.2) is 0 Å². The van der Waals surface area contributed by atoms with Gasteiger partial charge in [-0.1, -0.05) is 24.3 Å². The molecule has 6 heteroatoms. The van der Waals surface area contributed by atoms with Crippen LogP contribution >= 0.6 is 0 Å². The number of hydrogen-bond acceptors (Lipinski definition) is 5. The lowest BCUT2D eigenvalue weighted by atomic mass is 10.1. The molecule has 27 heavy (non-hydrogen) atoms. The van der Waals surface area contributed by atoms with Crippen LogP contribution in [-0.4, -0.2) is 56.5 Å². The monoisotopic (exact) mass is 368 g/mol. The molecular formula is C21H24N2O4. The lowest BCUT2D eigenvalue weighted by Crippen LogP contribution is -2.38. The molecule has 2 aromatic rings. The van der Waals surface area contributed by atoms with E-state index in [-0.39, 0.29) is 5.91 Å². The fourth-order valence-corrected chi connectivity index (χ4v) is 2.86. The zero-order chi connectivity index (χ0) is 18.9. The summed E-state index contributed by atoms with van der Waals surface area (Å²) in [6, 6.07) is 14.3. The molecule has 2 aromatic carbocycles. The molecular weight excluding hydrogens is 344 g/mol. The Balaban J connectivity index is 1.46. The third kappa shape index (κ3) is 5.91. The predicted octanol–water partition coefficient (Wildman–Crippen LogP) is 2.14. The molecule has 0 bridgehead atoms. The van der Waals surface area contributed by atoms with Gasteiger partial charge in [-0.05, 0) is 29.8 Å². The van der Waals surface area contributed by atoms with Gasteiger partial charge in [0.2, 0.25) is 0 Å². The summed E-state index contributed by atoms with van der Waals surface area (Å²) in [6.07, 6.45) is 0.756. The zero-order valence-electron chi connectivity index (χ0n) is 15.2. The Morgan fingerprint density at radius 2 is 1.93 bits per heavy atom. The van der Waals surface area contributed by atoms with Crippen molar-refractivity contribution in [3.8, 4) is 5.75 Å². The maximum atomic E-state index is 12.2. The van der Waals surface area contributed by atoms with Crippen LogP contribution in [0.5, 0.6) is 5.75 Å².